The number of benzene rings is 1. The number of carbonyl (C=O) groups excluding carboxylic acids is 3. The maximum absolute atomic E-state index is 12.7. The number of morpholine rings is 1. The lowest BCUT2D eigenvalue weighted by atomic mass is 9.86. The minimum atomic E-state index is -0.423. The van der Waals surface area contributed by atoms with Gasteiger partial charge in [-0.05, 0) is 43.2 Å². The predicted molar refractivity (Wildman–Crippen MR) is 116 cm³/mol. The molecule has 1 aliphatic heterocycles. The zero-order chi connectivity index (χ0) is 21.8. The molecule has 160 valence electrons. The normalized spacial score (nSPS) is 15.7. The second kappa shape index (κ2) is 9.68. The molecule has 1 aliphatic carbocycles. The first-order chi connectivity index (χ1) is 14.4. The van der Waals surface area contributed by atoms with Crippen LogP contribution in [0.25, 0.3) is 11.1 Å². The highest BCUT2D eigenvalue weighted by atomic mass is 79.9. The molecule has 2 aliphatic rings. The zero-order valence-corrected chi connectivity index (χ0v) is 19.0. The highest BCUT2D eigenvalue weighted by Gasteiger charge is 2.36. The molecule has 8 heteroatoms. The van der Waals surface area contributed by atoms with Crippen LogP contribution in [-0.4, -0.2) is 60.4 Å². The van der Waals surface area contributed by atoms with Gasteiger partial charge in [-0.3, -0.25) is 19.3 Å². The number of Topliss-reactive ketones (excluding diaryl/α,β-unsaturated/α-hetero) is 2. The van der Waals surface area contributed by atoms with Gasteiger partial charge in [0.1, 0.15) is 5.69 Å². The summed E-state index contributed by atoms with van der Waals surface area (Å²) >= 11 is 3.48. The molecule has 30 heavy (non-hydrogen) atoms. The van der Waals surface area contributed by atoms with E-state index in [9.17, 15) is 14.4 Å². The van der Waals surface area contributed by atoms with Crippen LogP contribution in [0.2, 0.25) is 0 Å². The molecule has 0 saturated carbocycles. The van der Waals surface area contributed by atoms with Gasteiger partial charge < -0.3 is 14.0 Å². The van der Waals surface area contributed by atoms with E-state index in [1.165, 1.54) is 0 Å². The molecular weight excluding hydrogens is 452 g/mol. The third kappa shape index (κ3) is 4.26. The lowest BCUT2D eigenvalue weighted by molar-refractivity contribution is -0.128. The van der Waals surface area contributed by atoms with E-state index in [-0.39, 0.29) is 0 Å². The van der Waals surface area contributed by atoms with Crippen molar-refractivity contribution in [2.75, 3.05) is 32.9 Å². The summed E-state index contributed by atoms with van der Waals surface area (Å²) in [7, 11) is 1.88. The van der Waals surface area contributed by atoms with Crippen molar-refractivity contribution in [3.63, 3.8) is 0 Å². The maximum Gasteiger partial charge on any atom is 0.293 e. The van der Waals surface area contributed by atoms with Gasteiger partial charge in [0.15, 0.2) is 0 Å². The third-order valence-corrected chi connectivity index (χ3v) is 5.91. The van der Waals surface area contributed by atoms with Gasteiger partial charge in [0.2, 0.25) is 5.78 Å². The minimum absolute atomic E-state index is 0.413. The Morgan fingerprint density at radius 2 is 1.87 bits per heavy atom. The van der Waals surface area contributed by atoms with Crippen LogP contribution in [0.15, 0.2) is 22.7 Å². The average Bonchev–Trinajstić information content (AvgIpc) is 2.99. The molecule has 1 saturated heterocycles. The number of carbonyl (C=O) groups is 3. The average molecular weight is 477 g/mol. The van der Waals surface area contributed by atoms with E-state index in [0.717, 1.165) is 59.7 Å². The number of halogens is 1. The molecular formula is C22H25BrN2O5. The van der Waals surface area contributed by atoms with Crippen molar-refractivity contribution in [3.05, 3.63) is 45.2 Å². The molecule has 0 bridgehead atoms. The molecule has 4 rings (SSSR count). The summed E-state index contributed by atoms with van der Waals surface area (Å²) in [5, 5.41) is 0. The lowest BCUT2D eigenvalue weighted by Gasteiger charge is -2.27. The first-order valence-electron chi connectivity index (χ1n) is 9.83. The maximum atomic E-state index is 12.7. The first-order valence-corrected chi connectivity index (χ1v) is 10.6. The number of rotatable bonds is 4. The number of nitrogens with zero attached hydrogens (tertiary/aromatic N) is 2. The molecule has 0 atom stereocenters. The van der Waals surface area contributed by atoms with Gasteiger partial charge in [-0.15, -0.1) is 0 Å². The fraction of sp³-hybridized carbons (Fsp3) is 0.409. The van der Waals surface area contributed by atoms with E-state index in [1.54, 1.807) is 13.0 Å². The smallest absolute Gasteiger partial charge is 0.293 e. The van der Waals surface area contributed by atoms with Crippen molar-refractivity contribution in [1.29, 1.82) is 0 Å². The molecule has 0 spiro atoms. The highest BCUT2D eigenvalue weighted by Crippen LogP contribution is 2.40. The summed E-state index contributed by atoms with van der Waals surface area (Å²) in [5.74, 6) is -0.836. The van der Waals surface area contributed by atoms with Gasteiger partial charge in [0.25, 0.3) is 12.3 Å². The SMILES string of the molecule is CCOC=O.Cc1c2c(n(C)c1CN1CCOCC1)C(=O)C(=O)c1ccc(Br)cc1-2. The Bertz CT molecular complexity index is 976. The Balaban J connectivity index is 0.000000461. The van der Waals surface area contributed by atoms with E-state index in [1.807, 2.05) is 30.7 Å². The fourth-order valence-corrected chi connectivity index (χ4v) is 4.25. The van der Waals surface area contributed by atoms with Gasteiger partial charge in [0, 0.05) is 48.0 Å². The van der Waals surface area contributed by atoms with Gasteiger partial charge in [0.05, 0.1) is 19.8 Å². The standard InChI is InChI=1S/C19H19BrN2O3.C3H6O2/c1-11-15(10-22-5-7-25-8-6-22)21(2)17-16(11)14-9-12(20)3-4-13(14)18(23)19(17)24;1-2-5-3-4/h3-4,9H,5-8,10H2,1-2H3;3H,2H2,1H3. The van der Waals surface area contributed by atoms with Crippen molar-refractivity contribution < 1.29 is 23.9 Å². The molecule has 0 amide bonds. The van der Waals surface area contributed by atoms with Crippen molar-refractivity contribution in [1.82, 2.24) is 9.47 Å². The van der Waals surface area contributed by atoms with Crippen LogP contribution in [0.4, 0.5) is 0 Å². The van der Waals surface area contributed by atoms with Crippen LogP contribution in [0.1, 0.15) is 39.0 Å². The first kappa shape index (κ1) is 22.4. The highest BCUT2D eigenvalue weighted by molar-refractivity contribution is 9.10. The van der Waals surface area contributed by atoms with Crippen LogP contribution in [0.5, 0.6) is 0 Å². The number of ether oxygens (including phenoxy) is 2. The Labute approximate surface area is 184 Å². The second-order valence-electron chi connectivity index (χ2n) is 7.14. The third-order valence-electron chi connectivity index (χ3n) is 5.41. The Hall–Kier alpha value is -2.29. The fourth-order valence-electron chi connectivity index (χ4n) is 3.89. The summed E-state index contributed by atoms with van der Waals surface area (Å²) in [5.41, 5.74) is 4.90. The molecule has 0 radical (unpaired) electrons. The Morgan fingerprint density at radius 1 is 1.17 bits per heavy atom. The monoisotopic (exact) mass is 476 g/mol. The molecule has 1 aromatic carbocycles. The van der Waals surface area contributed by atoms with Crippen molar-refractivity contribution in [2.45, 2.75) is 20.4 Å². The van der Waals surface area contributed by atoms with Crippen LogP contribution in [-0.2, 0) is 27.9 Å². The van der Waals surface area contributed by atoms with Crippen molar-refractivity contribution >= 4 is 34.0 Å². The van der Waals surface area contributed by atoms with Crippen molar-refractivity contribution in [2.24, 2.45) is 7.05 Å². The van der Waals surface area contributed by atoms with Gasteiger partial charge in [-0.25, -0.2) is 0 Å². The lowest BCUT2D eigenvalue weighted by Crippen LogP contribution is -2.36. The summed E-state index contributed by atoms with van der Waals surface area (Å²) < 4.78 is 12.4. The van der Waals surface area contributed by atoms with Gasteiger partial charge in [-0.1, -0.05) is 15.9 Å². The summed E-state index contributed by atoms with van der Waals surface area (Å²) in [6.07, 6.45) is 0. The number of fused-ring (bicyclic) bond motifs is 3. The number of hydrogen-bond acceptors (Lipinski definition) is 6. The number of aromatic nitrogens is 1. The number of ketones is 2. The Morgan fingerprint density at radius 3 is 2.47 bits per heavy atom. The largest absolute Gasteiger partial charge is 0.468 e. The van der Waals surface area contributed by atoms with Gasteiger partial charge >= 0.3 is 0 Å². The topological polar surface area (TPSA) is 77.8 Å². The predicted octanol–water partition coefficient (Wildman–Crippen LogP) is 3.15. The van der Waals surface area contributed by atoms with E-state index >= 15 is 0 Å². The summed E-state index contributed by atoms with van der Waals surface area (Å²) in [6.45, 7) is 8.69. The molecule has 2 heterocycles. The summed E-state index contributed by atoms with van der Waals surface area (Å²) in [4.78, 5) is 36.8. The van der Waals surface area contributed by atoms with Gasteiger partial charge in [-0.2, -0.15) is 0 Å². The van der Waals surface area contributed by atoms with E-state index < -0.39 is 11.6 Å². The van der Waals surface area contributed by atoms with Crippen LogP contribution in [0, 0.1) is 6.92 Å². The molecule has 2 aromatic rings. The van der Waals surface area contributed by atoms with E-state index in [0.29, 0.717) is 24.3 Å². The molecule has 1 aromatic heterocycles. The summed E-state index contributed by atoms with van der Waals surface area (Å²) in [6, 6.07) is 5.47. The molecule has 1 fully saturated rings. The van der Waals surface area contributed by atoms with E-state index in [4.69, 9.17) is 4.74 Å². The minimum Gasteiger partial charge on any atom is -0.468 e. The number of hydrogen-bond donors (Lipinski definition) is 0. The van der Waals surface area contributed by atoms with Crippen molar-refractivity contribution in [3.8, 4) is 11.1 Å². The second-order valence-corrected chi connectivity index (χ2v) is 8.06. The van der Waals surface area contributed by atoms with E-state index in [2.05, 4.69) is 25.6 Å². The Kier molecular flexibility index (Phi) is 7.23. The van der Waals surface area contributed by atoms with Crippen LogP contribution in [0.3, 0.4) is 0 Å². The van der Waals surface area contributed by atoms with Crippen LogP contribution >= 0.6 is 15.9 Å². The molecule has 0 unspecified atom stereocenters. The quantitative estimate of drug-likeness (QED) is 0.498. The van der Waals surface area contributed by atoms with Crippen LogP contribution < -0.4 is 0 Å². The molecule has 0 N–H and O–H groups in total. The molecule has 7 nitrogen and oxygen atoms in total. The zero-order valence-electron chi connectivity index (χ0n) is 17.4.